The van der Waals surface area contributed by atoms with Gasteiger partial charge in [0.05, 0.1) is 26.2 Å². The molecule has 3 aromatic rings. The molecule has 5 nitrogen and oxygen atoms in total. The molecular formula is C25H26ClN4OS+. The van der Waals surface area contributed by atoms with Gasteiger partial charge in [-0.05, 0) is 54.7 Å². The van der Waals surface area contributed by atoms with Gasteiger partial charge in [0, 0.05) is 27.5 Å². The van der Waals surface area contributed by atoms with Gasteiger partial charge in [-0.25, -0.2) is 0 Å². The van der Waals surface area contributed by atoms with Crippen LogP contribution in [0, 0.1) is 0 Å². The highest BCUT2D eigenvalue weighted by Gasteiger charge is 2.21. The fraction of sp³-hybridized carbons (Fsp3) is 0.200. The van der Waals surface area contributed by atoms with Gasteiger partial charge in [0.15, 0.2) is 5.11 Å². The lowest BCUT2D eigenvalue weighted by Crippen LogP contribution is -3.13. The molecule has 1 heterocycles. The van der Waals surface area contributed by atoms with Gasteiger partial charge in [-0.15, -0.1) is 0 Å². The van der Waals surface area contributed by atoms with Gasteiger partial charge < -0.3 is 15.1 Å². The number of rotatable bonds is 5. The quantitative estimate of drug-likeness (QED) is 0.506. The van der Waals surface area contributed by atoms with Crippen LogP contribution in [0.4, 0.5) is 11.4 Å². The first-order chi connectivity index (χ1) is 15.6. The van der Waals surface area contributed by atoms with E-state index in [-0.39, 0.29) is 11.0 Å². The molecule has 3 aromatic carbocycles. The first-order valence-electron chi connectivity index (χ1n) is 10.7. The van der Waals surface area contributed by atoms with Crippen molar-refractivity contribution in [2.75, 3.05) is 36.4 Å². The van der Waals surface area contributed by atoms with Crippen LogP contribution in [-0.4, -0.2) is 37.2 Å². The smallest absolute Gasteiger partial charge is 0.257 e. The SMILES string of the molecule is O=C(NC(=S)Nc1ccc(N2CC[NH+](Cc3ccccc3Cl)CC2)cc1)c1ccccc1. The van der Waals surface area contributed by atoms with Crippen LogP contribution in [0.1, 0.15) is 15.9 Å². The molecule has 1 aliphatic rings. The van der Waals surface area contributed by atoms with Crippen molar-refractivity contribution < 1.29 is 9.69 Å². The Morgan fingerprint density at radius 3 is 2.28 bits per heavy atom. The summed E-state index contributed by atoms with van der Waals surface area (Å²) in [4.78, 5) is 16.2. The van der Waals surface area contributed by atoms with Crippen LogP contribution in [0.25, 0.3) is 0 Å². The topological polar surface area (TPSA) is 48.8 Å². The number of hydrogen-bond donors (Lipinski definition) is 3. The molecule has 164 valence electrons. The van der Waals surface area contributed by atoms with Crippen LogP contribution >= 0.6 is 23.8 Å². The van der Waals surface area contributed by atoms with Gasteiger partial charge in [0.25, 0.3) is 5.91 Å². The Balaban J connectivity index is 1.26. The summed E-state index contributed by atoms with van der Waals surface area (Å²) < 4.78 is 0. The van der Waals surface area contributed by atoms with Gasteiger partial charge in [-0.3, -0.25) is 10.1 Å². The Kier molecular flexibility index (Phi) is 7.37. The summed E-state index contributed by atoms with van der Waals surface area (Å²) in [6.45, 7) is 5.10. The molecule has 0 bridgehead atoms. The molecule has 0 saturated carbocycles. The van der Waals surface area contributed by atoms with E-state index in [1.807, 2.05) is 48.5 Å². The Bertz CT molecular complexity index is 1070. The van der Waals surface area contributed by atoms with Crippen molar-refractivity contribution in [3.63, 3.8) is 0 Å². The van der Waals surface area contributed by atoms with E-state index < -0.39 is 0 Å². The predicted molar refractivity (Wildman–Crippen MR) is 135 cm³/mol. The van der Waals surface area contributed by atoms with E-state index >= 15 is 0 Å². The number of nitrogens with zero attached hydrogens (tertiary/aromatic N) is 1. The van der Waals surface area contributed by atoms with Gasteiger partial charge in [0.2, 0.25) is 0 Å². The Morgan fingerprint density at radius 2 is 1.59 bits per heavy atom. The number of carbonyl (C=O) groups excluding carboxylic acids is 1. The number of nitrogens with one attached hydrogen (secondary N) is 3. The summed E-state index contributed by atoms with van der Waals surface area (Å²) in [5.41, 5.74) is 3.81. The second-order valence-corrected chi connectivity index (χ2v) is 8.64. The Hall–Kier alpha value is -2.93. The highest BCUT2D eigenvalue weighted by Crippen LogP contribution is 2.18. The molecule has 0 atom stereocenters. The van der Waals surface area contributed by atoms with Gasteiger partial charge in [-0.2, -0.15) is 0 Å². The molecule has 7 heteroatoms. The van der Waals surface area contributed by atoms with Crippen molar-refractivity contribution in [2.45, 2.75) is 6.54 Å². The Morgan fingerprint density at radius 1 is 0.938 bits per heavy atom. The first kappa shape index (κ1) is 22.3. The zero-order valence-electron chi connectivity index (χ0n) is 17.7. The van der Waals surface area contributed by atoms with Crippen LogP contribution in [0.5, 0.6) is 0 Å². The van der Waals surface area contributed by atoms with Crippen molar-refractivity contribution >= 4 is 46.2 Å². The third-order valence-electron chi connectivity index (χ3n) is 5.62. The minimum absolute atomic E-state index is 0.225. The number of carbonyl (C=O) groups is 1. The molecule has 3 N–H and O–H groups in total. The number of hydrogen-bond acceptors (Lipinski definition) is 3. The van der Waals surface area contributed by atoms with Crippen molar-refractivity contribution in [2.24, 2.45) is 0 Å². The second-order valence-electron chi connectivity index (χ2n) is 7.83. The van der Waals surface area contributed by atoms with E-state index in [4.69, 9.17) is 23.8 Å². The largest absolute Gasteiger partial charge is 0.360 e. The van der Waals surface area contributed by atoms with Crippen molar-refractivity contribution in [3.8, 4) is 0 Å². The molecule has 0 spiro atoms. The molecule has 32 heavy (non-hydrogen) atoms. The van der Waals surface area contributed by atoms with Crippen molar-refractivity contribution in [1.29, 1.82) is 0 Å². The average molecular weight is 466 g/mol. The summed E-state index contributed by atoms with van der Waals surface area (Å²) in [6, 6.07) is 25.3. The van der Waals surface area contributed by atoms with Crippen LogP contribution < -0.4 is 20.4 Å². The number of benzene rings is 3. The van der Waals surface area contributed by atoms with Gasteiger partial charge >= 0.3 is 0 Å². The van der Waals surface area contributed by atoms with E-state index in [1.54, 1.807) is 17.0 Å². The van der Waals surface area contributed by atoms with E-state index in [9.17, 15) is 4.79 Å². The molecule has 4 rings (SSSR count). The third kappa shape index (κ3) is 5.85. The molecule has 1 aliphatic heterocycles. The molecule has 1 fully saturated rings. The maximum absolute atomic E-state index is 12.2. The van der Waals surface area contributed by atoms with Crippen molar-refractivity contribution in [3.05, 3.63) is 95.0 Å². The lowest BCUT2D eigenvalue weighted by atomic mass is 10.2. The standard InChI is InChI=1S/C25H25ClN4OS/c26-23-9-5-4-8-20(23)18-29-14-16-30(17-15-29)22-12-10-21(11-13-22)27-25(32)28-24(31)19-6-2-1-3-7-19/h1-13H,14-18H2,(H2,27,28,31,32)/p+1. The predicted octanol–water partition coefficient (Wildman–Crippen LogP) is 3.37. The van der Waals surface area contributed by atoms with E-state index in [2.05, 4.69) is 33.7 Å². The Labute approximate surface area is 199 Å². The number of quaternary nitrogens is 1. The van der Waals surface area contributed by atoms with Crippen LogP contribution in [0.2, 0.25) is 5.02 Å². The summed E-state index contributed by atoms with van der Waals surface area (Å²) in [6.07, 6.45) is 0. The van der Waals surface area contributed by atoms with Crippen LogP contribution in [0.15, 0.2) is 78.9 Å². The minimum atomic E-state index is -0.225. The molecule has 0 aliphatic carbocycles. The monoisotopic (exact) mass is 465 g/mol. The van der Waals surface area contributed by atoms with Gasteiger partial charge in [0.1, 0.15) is 6.54 Å². The normalized spacial score (nSPS) is 14.1. The van der Waals surface area contributed by atoms with Crippen molar-refractivity contribution in [1.82, 2.24) is 5.32 Å². The number of anilines is 2. The number of thiocarbonyl (C=S) groups is 1. The lowest BCUT2D eigenvalue weighted by molar-refractivity contribution is -0.914. The lowest BCUT2D eigenvalue weighted by Gasteiger charge is -2.34. The van der Waals surface area contributed by atoms with E-state index in [0.29, 0.717) is 5.56 Å². The third-order valence-corrected chi connectivity index (χ3v) is 6.20. The summed E-state index contributed by atoms with van der Waals surface area (Å²) in [7, 11) is 0. The number of piperazine rings is 1. The number of amides is 1. The molecule has 0 radical (unpaired) electrons. The van der Waals surface area contributed by atoms with Crippen LogP contribution in [0.3, 0.4) is 0 Å². The van der Waals surface area contributed by atoms with E-state index in [1.165, 1.54) is 11.3 Å². The molecule has 1 amide bonds. The van der Waals surface area contributed by atoms with Crippen LogP contribution in [-0.2, 0) is 6.54 Å². The molecule has 0 aromatic heterocycles. The first-order valence-corrected chi connectivity index (χ1v) is 11.5. The highest BCUT2D eigenvalue weighted by atomic mass is 35.5. The molecule has 0 unspecified atom stereocenters. The maximum atomic E-state index is 12.2. The highest BCUT2D eigenvalue weighted by molar-refractivity contribution is 7.80. The van der Waals surface area contributed by atoms with E-state index in [0.717, 1.165) is 43.4 Å². The second kappa shape index (κ2) is 10.6. The number of halogens is 1. The summed E-state index contributed by atoms with van der Waals surface area (Å²) in [5.74, 6) is -0.225. The fourth-order valence-corrected chi connectivity index (χ4v) is 4.26. The zero-order chi connectivity index (χ0) is 22.3. The summed E-state index contributed by atoms with van der Waals surface area (Å²) in [5, 5.41) is 6.92. The zero-order valence-corrected chi connectivity index (χ0v) is 19.3. The minimum Gasteiger partial charge on any atom is -0.360 e. The maximum Gasteiger partial charge on any atom is 0.257 e. The fourth-order valence-electron chi connectivity index (χ4n) is 3.85. The van der Waals surface area contributed by atoms with Gasteiger partial charge in [-0.1, -0.05) is 48.0 Å². The molecular weight excluding hydrogens is 440 g/mol. The molecule has 1 saturated heterocycles. The average Bonchev–Trinajstić information content (AvgIpc) is 2.82. The summed E-state index contributed by atoms with van der Waals surface area (Å²) >= 11 is 11.6.